The summed E-state index contributed by atoms with van der Waals surface area (Å²) in [5.41, 5.74) is 0.373. The van der Waals surface area contributed by atoms with Gasteiger partial charge in [-0.25, -0.2) is 13.4 Å². The minimum Gasteiger partial charge on any atom is -0.351 e. The maximum absolute atomic E-state index is 12.9. The van der Waals surface area contributed by atoms with Crippen LogP contribution in [0.15, 0.2) is 29.6 Å². The highest BCUT2D eigenvalue weighted by Gasteiger charge is 2.38. The molecule has 0 spiro atoms. The third kappa shape index (κ3) is 3.78. The van der Waals surface area contributed by atoms with Gasteiger partial charge in [-0.1, -0.05) is 0 Å². The van der Waals surface area contributed by atoms with E-state index in [9.17, 15) is 18.0 Å². The molecule has 0 saturated carbocycles. The van der Waals surface area contributed by atoms with Crippen LogP contribution in [0, 0.1) is 0 Å². The summed E-state index contributed by atoms with van der Waals surface area (Å²) in [6, 6.07) is 3.97. The van der Waals surface area contributed by atoms with E-state index in [1.807, 2.05) is 24.5 Å². The SMILES string of the molecule is O=C(C1=NN(C2CCS(=O)(=O)C2)C(=O)CC1)N1CCC(n2cccc2)CC1. The molecule has 0 N–H and O–H groups in total. The van der Waals surface area contributed by atoms with Crippen LogP contribution in [0.4, 0.5) is 0 Å². The van der Waals surface area contributed by atoms with E-state index in [4.69, 9.17) is 0 Å². The molecule has 3 aliphatic heterocycles. The van der Waals surface area contributed by atoms with Gasteiger partial charge < -0.3 is 9.47 Å². The average molecular weight is 392 g/mol. The molecule has 27 heavy (non-hydrogen) atoms. The Morgan fingerprint density at radius 1 is 1.04 bits per heavy atom. The van der Waals surface area contributed by atoms with E-state index in [2.05, 4.69) is 9.67 Å². The van der Waals surface area contributed by atoms with Crippen molar-refractivity contribution in [3.63, 3.8) is 0 Å². The molecule has 8 nitrogen and oxygen atoms in total. The first-order chi connectivity index (χ1) is 12.9. The summed E-state index contributed by atoms with van der Waals surface area (Å²) >= 11 is 0. The Balaban J connectivity index is 1.42. The van der Waals surface area contributed by atoms with Gasteiger partial charge in [-0.2, -0.15) is 5.10 Å². The maximum atomic E-state index is 12.9. The molecule has 4 rings (SSSR count). The zero-order valence-corrected chi connectivity index (χ0v) is 16.0. The summed E-state index contributed by atoms with van der Waals surface area (Å²) in [5.74, 6) is -0.307. The third-order valence-corrected chi connectivity index (χ3v) is 7.41. The van der Waals surface area contributed by atoms with Gasteiger partial charge in [0, 0.05) is 44.4 Å². The first kappa shape index (κ1) is 18.2. The number of aromatic nitrogens is 1. The molecule has 146 valence electrons. The number of carbonyl (C=O) groups is 2. The lowest BCUT2D eigenvalue weighted by Gasteiger charge is -2.34. The molecule has 1 unspecified atom stereocenters. The molecule has 2 fully saturated rings. The van der Waals surface area contributed by atoms with Gasteiger partial charge in [0.05, 0.1) is 17.5 Å². The molecular weight excluding hydrogens is 368 g/mol. The van der Waals surface area contributed by atoms with Gasteiger partial charge in [-0.15, -0.1) is 0 Å². The number of sulfone groups is 1. The van der Waals surface area contributed by atoms with Crippen molar-refractivity contribution in [1.29, 1.82) is 0 Å². The summed E-state index contributed by atoms with van der Waals surface area (Å²) in [6.45, 7) is 1.32. The van der Waals surface area contributed by atoms with Gasteiger partial charge in [-0.3, -0.25) is 9.59 Å². The Kier molecular flexibility index (Phi) is 4.79. The lowest BCUT2D eigenvalue weighted by Crippen LogP contribution is -2.47. The minimum atomic E-state index is -3.11. The van der Waals surface area contributed by atoms with E-state index in [-0.39, 0.29) is 29.7 Å². The second-order valence-electron chi connectivity index (χ2n) is 7.50. The van der Waals surface area contributed by atoms with E-state index in [1.165, 1.54) is 5.01 Å². The normalized spacial score (nSPS) is 26.3. The van der Waals surface area contributed by atoms with Crippen molar-refractivity contribution in [1.82, 2.24) is 14.5 Å². The highest BCUT2D eigenvalue weighted by molar-refractivity contribution is 7.91. The topological polar surface area (TPSA) is 92.0 Å². The Labute approximate surface area is 158 Å². The van der Waals surface area contributed by atoms with Gasteiger partial charge in [0.2, 0.25) is 5.91 Å². The van der Waals surface area contributed by atoms with Crippen LogP contribution in [0.5, 0.6) is 0 Å². The molecule has 2 saturated heterocycles. The lowest BCUT2D eigenvalue weighted by atomic mass is 10.0. The van der Waals surface area contributed by atoms with Gasteiger partial charge >= 0.3 is 0 Å². The zero-order chi connectivity index (χ0) is 19.0. The molecule has 1 atom stereocenters. The van der Waals surface area contributed by atoms with Gasteiger partial charge in [0.25, 0.3) is 5.91 Å². The smallest absolute Gasteiger partial charge is 0.270 e. The Bertz CT molecular complexity index is 854. The average Bonchev–Trinajstić information content (AvgIpc) is 3.31. The van der Waals surface area contributed by atoms with Crippen LogP contribution >= 0.6 is 0 Å². The summed E-state index contributed by atoms with van der Waals surface area (Å²) in [7, 11) is -3.11. The van der Waals surface area contributed by atoms with Crippen LogP contribution in [-0.2, 0) is 19.4 Å². The van der Waals surface area contributed by atoms with Crippen molar-refractivity contribution in [3.05, 3.63) is 24.5 Å². The number of hydrazone groups is 1. The standard InChI is InChI=1S/C18H24N4O4S/c23-17-4-3-16(19-22(17)15-7-12-27(25,26)13-15)18(24)21-10-5-14(6-11-21)20-8-1-2-9-20/h1-2,8-9,14-15H,3-7,10-13H2. The summed E-state index contributed by atoms with van der Waals surface area (Å²) in [5, 5.41) is 5.55. The van der Waals surface area contributed by atoms with Crippen LogP contribution in [0.25, 0.3) is 0 Å². The zero-order valence-electron chi connectivity index (χ0n) is 15.2. The van der Waals surface area contributed by atoms with Crippen LogP contribution < -0.4 is 0 Å². The molecule has 0 aromatic carbocycles. The molecule has 2 amide bonds. The fourth-order valence-electron chi connectivity index (χ4n) is 4.12. The quantitative estimate of drug-likeness (QED) is 0.761. The molecule has 1 aromatic rings. The highest BCUT2D eigenvalue weighted by atomic mass is 32.2. The Morgan fingerprint density at radius 2 is 1.74 bits per heavy atom. The molecule has 3 aliphatic rings. The van der Waals surface area contributed by atoms with E-state index >= 15 is 0 Å². The lowest BCUT2D eigenvalue weighted by molar-refractivity contribution is -0.134. The summed E-state index contributed by atoms with van der Waals surface area (Å²) in [6.07, 6.45) is 6.79. The molecule has 9 heteroatoms. The molecular formula is C18H24N4O4S. The van der Waals surface area contributed by atoms with Gasteiger partial charge in [0.1, 0.15) is 5.71 Å². The van der Waals surface area contributed by atoms with Crippen molar-refractivity contribution in [3.8, 4) is 0 Å². The van der Waals surface area contributed by atoms with Crippen LogP contribution in [0.1, 0.15) is 38.1 Å². The molecule has 0 radical (unpaired) electrons. The predicted molar refractivity (Wildman–Crippen MR) is 99.9 cm³/mol. The number of likely N-dealkylation sites (tertiary alicyclic amines) is 1. The van der Waals surface area contributed by atoms with E-state index in [1.54, 1.807) is 4.90 Å². The first-order valence-electron chi connectivity index (χ1n) is 9.45. The number of nitrogens with zero attached hydrogens (tertiary/aromatic N) is 4. The fraction of sp³-hybridized carbons (Fsp3) is 0.611. The largest absolute Gasteiger partial charge is 0.351 e. The monoisotopic (exact) mass is 392 g/mol. The van der Waals surface area contributed by atoms with Gasteiger partial charge in [-0.05, 0) is 31.4 Å². The van der Waals surface area contributed by atoms with Crippen molar-refractivity contribution < 1.29 is 18.0 Å². The fourth-order valence-corrected chi connectivity index (χ4v) is 5.81. The van der Waals surface area contributed by atoms with Crippen molar-refractivity contribution in [2.24, 2.45) is 5.10 Å². The second kappa shape index (κ2) is 7.10. The number of carbonyl (C=O) groups excluding carboxylic acids is 2. The van der Waals surface area contributed by atoms with E-state index in [0.29, 0.717) is 37.7 Å². The van der Waals surface area contributed by atoms with E-state index < -0.39 is 15.9 Å². The van der Waals surface area contributed by atoms with Crippen molar-refractivity contribution >= 4 is 27.4 Å². The van der Waals surface area contributed by atoms with Crippen LogP contribution in [-0.4, -0.2) is 71.1 Å². The van der Waals surface area contributed by atoms with Crippen molar-refractivity contribution in [2.45, 2.75) is 44.2 Å². The van der Waals surface area contributed by atoms with E-state index in [0.717, 1.165) is 12.8 Å². The highest BCUT2D eigenvalue weighted by Crippen LogP contribution is 2.25. The van der Waals surface area contributed by atoms with Crippen molar-refractivity contribution in [2.75, 3.05) is 24.6 Å². The number of hydrogen-bond donors (Lipinski definition) is 0. The maximum Gasteiger partial charge on any atom is 0.270 e. The Hall–Kier alpha value is -2.16. The number of hydrogen-bond acceptors (Lipinski definition) is 5. The number of piperidine rings is 1. The Morgan fingerprint density at radius 3 is 2.37 bits per heavy atom. The number of amides is 2. The second-order valence-corrected chi connectivity index (χ2v) is 9.72. The predicted octanol–water partition coefficient (Wildman–Crippen LogP) is 0.817. The van der Waals surface area contributed by atoms with Gasteiger partial charge in [0.15, 0.2) is 9.84 Å². The summed E-state index contributed by atoms with van der Waals surface area (Å²) < 4.78 is 25.6. The third-order valence-electron chi connectivity index (χ3n) is 5.66. The molecule has 0 bridgehead atoms. The number of rotatable bonds is 3. The minimum absolute atomic E-state index is 0.0635. The first-order valence-corrected chi connectivity index (χ1v) is 11.3. The summed E-state index contributed by atoms with van der Waals surface area (Å²) in [4.78, 5) is 26.9. The molecule has 4 heterocycles. The molecule has 1 aromatic heterocycles. The van der Waals surface area contributed by atoms with Crippen LogP contribution in [0.2, 0.25) is 0 Å². The van der Waals surface area contributed by atoms with Crippen LogP contribution in [0.3, 0.4) is 0 Å². The molecule has 0 aliphatic carbocycles.